The van der Waals surface area contributed by atoms with E-state index >= 15 is 0 Å². The van der Waals surface area contributed by atoms with Gasteiger partial charge in [0.2, 0.25) is 10.0 Å². The Kier molecular flexibility index (Phi) is 5.80. The molecule has 0 spiro atoms. The monoisotopic (exact) mass is 434 g/mol. The predicted molar refractivity (Wildman–Crippen MR) is 119 cm³/mol. The Labute approximate surface area is 180 Å². The van der Waals surface area contributed by atoms with Crippen molar-refractivity contribution >= 4 is 20.8 Å². The van der Waals surface area contributed by atoms with E-state index in [1.165, 1.54) is 7.05 Å². The number of H-pyrrole nitrogens is 1. The Morgan fingerprint density at radius 1 is 1.19 bits per heavy atom. The molecular formula is C23H22N4O3S. The summed E-state index contributed by atoms with van der Waals surface area (Å²) in [4.78, 5) is 7.26. The average Bonchev–Trinajstić information content (AvgIpc) is 3.40. The van der Waals surface area contributed by atoms with Gasteiger partial charge in [0.15, 0.2) is 5.88 Å². The molecule has 4 rings (SSSR count). The molecule has 8 heteroatoms. The van der Waals surface area contributed by atoms with Crippen molar-refractivity contribution in [2.75, 3.05) is 7.05 Å². The standard InChI is InChI=1S/C23H22N4O3S/c1-24-31(29,30)21-9-6-18(7-10-21)14-27-15-19-12-17(8-11-22(19)23(27)28)4-2-3-5-20-13-25-16-26-20/h6-13,15-16,24,28H,3,5,14H2,1H3,(H,25,26). The number of aromatic amines is 1. The Morgan fingerprint density at radius 3 is 2.71 bits per heavy atom. The van der Waals surface area contributed by atoms with Gasteiger partial charge in [-0.3, -0.25) is 0 Å². The number of nitrogens with zero attached hydrogens (tertiary/aromatic N) is 2. The zero-order valence-corrected chi connectivity index (χ0v) is 17.8. The summed E-state index contributed by atoms with van der Waals surface area (Å²) >= 11 is 0. The molecule has 0 aliphatic heterocycles. The minimum atomic E-state index is -3.47. The summed E-state index contributed by atoms with van der Waals surface area (Å²) in [5.74, 6) is 6.50. The zero-order chi connectivity index (χ0) is 21.8. The number of aryl methyl sites for hydroxylation is 1. The zero-order valence-electron chi connectivity index (χ0n) is 17.0. The van der Waals surface area contributed by atoms with Crippen LogP contribution in [0.2, 0.25) is 0 Å². The molecule has 2 heterocycles. The molecule has 31 heavy (non-hydrogen) atoms. The van der Waals surface area contributed by atoms with E-state index in [4.69, 9.17) is 0 Å². The molecule has 7 nitrogen and oxygen atoms in total. The molecule has 0 aliphatic rings. The Hall–Kier alpha value is -3.54. The van der Waals surface area contributed by atoms with Gasteiger partial charge in [0.1, 0.15) is 0 Å². The topological polar surface area (TPSA) is 100 Å². The number of rotatable bonds is 6. The van der Waals surface area contributed by atoms with Crippen molar-refractivity contribution in [3.05, 3.63) is 78.0 Å². The quantitative estimate of drug-likeness (QED) is 0.406. The highest BCUT2D eigenvalue weighted by Gasteiger charge is 2.12. The van der Waals surface area contributed by atoms with E-state index in [-0.39, 0.29) is 10.8 Å². The lowest BCUT2D eigenvalue weighted by Gasteiger charge is -2.07. The SMILES string of the molecule is CNS(=O)(=O)c1ccc(Cn2cc3cc(C#CCCc4cnc[nH]4)ccc3c2O)cc1. The summed E-state index contributed by atoms with van der Waals surface area (Å²) in [6.07, 6.45) is 6.88. The first kappa shape index (κ1) is 20.7. The lowest BCUT2D eigenvalue weighted by Crippen LogP contribution is -2.18. The van der Waals surface area contributed by atoms with E-state index in [0.29, 0.717) is 6.54 Å². The van der Waals surface area contributed by atoms with Gasteiger partial charge in [-0.15, -0.1) is 0 Å². The minimum Gasteiger partial charge on any atom is -0.494 e. The normalized spacial score (nSPS) is 11.4. The molecule has 2 aromatic heterocycles. The molecule has 0 atom stereocenters. The maximum absolute atomic E-state index is 11.9. The highest BCUT2D eigenvalue weighted by Crippen LogP contribution is 2.28. The highest BCUT2D eigenvalue weighted by atomic mass is 32.2. The van der Waals surface area contributed by atoms with E-state index in [1.807, 2.05) is 24.4 Å². The number of nitrogens with one attached hydrogen (secondary N) is 2. The number of aromatic nitrogens is 3. The van der Waals surface area contributed by atoms with Crippen molar-refractivity contribution in [1.29, 1.82) is 0 Å². The lowest BCUT2D eigenvalue weighted by molar-refractivity contribution is 0.430. The molecule has 0 fully saturated rings. The molecular weight excluding hydrogens is 412 g/mol. The number of hydrogen-bond donors (Lipinski definition) is 3. The average molecular weight is 435 g/mol. The second-order valence-electron chi connectivity index (χ2n) is 7.11. The van der Waals surface area contributed by atoms with Gasteiger partial charge >= 0.3 is 0 Å². The van der Waals surface area contributed by atoms with Crippen molar-refractivity contribution in [3.8, 4) is 17.7 Å². The Bertz CT molecular complexity index is 1360. The minimum absolute atomic E-state index is 0.167. The van der Waals surface area contributed by atoms with Gasteiger partial charge in [0.25, 0.3) is 0 Å². The van der Waals surface area contributed by atoms with Crippen LogP contribution in [-0.2, 0) is 23.0 Å². The number of aromatic hydroxyl groups is 1. The smallest absolute Gasteiger partial charge is 0.240 e. The van der Waals surface area contributed by atoms with Gasteiger partial charge < -0.3 is 14.7 Å². The van der Waals surface area contributed by atoms with Crippen molar-refractivity contribution in [1.82, 2.24) is 19.3 Å². The van der Waals surface area contributed by atoms with Gasteiger partial charge in [-0.1, -0.05) is 24.0 Å². The van der Waals surface area contributed by atoms with Crippen LogP contribution in [0.25, 0.3) is 10.8 Å². The molecule has 0 saturated carbocycles. The van der Waals surface area contributed by atoms with Crippen LogP contribution in [0.5, 0.6) is 5.88 Å². The number of imidazole rings is 1. The second-order valence-corrected chi connectivity index (χ2v) is 9.00. The molecule has 0 amide bonds. The second kappa shape index (κ2) is 8.68. The van der Waals surface area contributed by atoms with Crippen molar-refractivity contribution in [3.63, 3.8) is 0 Å². The summed E-state index contributed by atoms with van der Waals surface area (Å²) < 4.78 is 27.7. The van der Waals surface area contributed by atoms with Crippen LogP contribution in [0.4, 0.5) is 0 Å². The third kappa shape index (κ3) is 4.63. The molecule has 0 aliphatic carbocycles. The number of benzene rings is 2. The van der Waals surface area contributed by atoms with Gasteiger partial charge in [0.05, 0.1) is 17.8 Å². The van der Waals surface area contributed by atoms with E-state index < -0.39 is 10.0 Å². The van der Waals surface area contributed by atoms with E-state index in [9.17, 15) is 13.5 Å². The molecule has 158 valence electrons. The van der Waals surface area contributed by atoms with Gasteiger partial charge in [0, 0.05) is 40.8 Å². The third-order valence-corrected chi connectivity index (χ3v) is 6.45. The largest absolute Gasteiger partial charge is 0.494 e. The van der Waals surface area contributed by atoms with Crippen LogP contribution in [0.15, 0.2) is 66.1 Å². The van der Waals surface area contributed by atoms with Crippen LogP contribution in [0.3, 0.4) is 0 Å². The van der Waals surface area contributed by atoms with Gasteiger partial charge in [-0.2, -0.15) is 0 Å². The van der Waals surface area contributed by atoms with Crippen LogP contribution >= 0.6 is 0 Å². The van der Waals surface area contributed by atoms with Crippen LogP contribution in [0, 0.1) is 11.8 Å². The number of fused-ring (bicyclic) bond motifs is 1. The molecule has 2 aromatic carbocycles. The molecule has 0 bridgehead atoms. The summed E-state index contributed by atoms with van der Waals surface area (Å²) in [5.41, 5.74) is 2.82. The molecule has 3 N–H and O–H groups in total. The van der Waals surface area contributed by atoms with E-state index in [1.54, 1.807) is 41.4 Å². The summed E-state index contributed by atoms with van der Waals surface area (Å²) in [6, 6.07) is 12.3. The first-order valence-electron chi connectivity index (χ1n) is 9.77. The van der Waals surface area contributed by atoms with Crippen LogP contribution in [0.1, 0.15) is 23.2 Å². The summed E-state index contributed by atoms with van der Waals surface area (Å²) in [6.45, 7) is 0.422. The molecule has 0 radical (unpaired) electrons. The first-order valence-corrected chi connectivity index (χ1v) is 11.2. The van der Waals surface area contributed by atoms with Gasteiger partial charge in [-0.05, 0) is 49.4 Å². The van der Waals surface area contributed by atoms with E-state index in [0.717, 1.165) is 40.4 Å². The number of sulfonamides is 1. The maximum Gasteiger partial charge on any atom is 0.240 e. The lowest BCUT2D eigenvalue weighted by atomic mass is 10.1. The van der Waals surface area contributed by atoms with Crippen LogP contribution < -0.4 is 4.72 Å². The maximum atomic E-state index is 11.9. The van der Waals surface area contributed by atoms with Crippen molar-refractivity contribution in [2.24, 2.45) is 0 Å². The molecule has 0 saturated heterocycles. The molecule has 0 unspecified atom stereocenters. The van der Waals surface area contributed by atoms with Crippen LogP contribution in [-0.4, -0.2) is 35.1 Å². The van der Waals surface area contributed by atoms with Crippen molar-refractivity contribution < 1.29 is 13.5 Å². The fraction of sp³-hybridized carbons (Fsp3) is 0.174. The summed E-state index contributed by atoms with van der Waals surface area (Å²) in [5, 5.41) is 12.2. The number of hydrogen-bond acceptors (Lipinski definition) is 4. The summed E-state index contributed by atoms with van der Waals surface area (Å²) in [7, 11) is -2.09. The third-order valence-electron chi connectivity index (χ3n) is 5.02. The first-order chi connectivity index (χ1) is 15.0. The predicted octanol–water partition coefficient (Wildman–Crippen LogP) is 3.01. The Morgan fingerprint density at radius 2 is 2.00 bits per heavy atom. The van der Waals surface area contributed by atoms with Gasteiger partial charge in [-0.25, -0.2) is 18.1 Å². The molecule has 4 aromatic rings. The fourth-order valence-electron chi connectivity index (χ4n) is 3.33. The fourth-order valence-corrected chi connectivity index (χ4v) is 4.06. The Balaban J connectivity index is 1.50. The van der Waals surface area contributed by atoms with Crippen molar-refractivity contribution in [2.45, 2.75) is 24.3 Å². The highest BCUT2D eigenvalue weighted by molar-refractivity contribution is 7.89. The van der Waals surface area contributed by atoms with E-state index in [2.05, 4.69) is 26.5 Å².